The summed E-state index contributed by atoms with van der Waals surface area (Å²) in [4.78, 5) is 10.5. The molecule has 0 spiro atoms. The Morgan fingerprint density at radius 2 is 1.85 bits per heavy atom. The third-order valence-electron chi connectivity index (χ3n) is 2.87. The van der Waals surface area contributed by atoms with E-state index in [0.29, 0.717) is 6.54 Å². The summed E-state index contributed by atoms with van der Waals surface area (Å²) in [5.41, 5.74) is 5.45. The molecule has 0 saturated heterocycles. The van der Waals surface area contributed by atoms with Crippen molar-refractivity contribution in [3.63, 3.8) is 0 Å². The Kier molecular flexibility index (Phi) is 7.07. The molecule has 1 fully saturated rings. The van der Waals surface area contributed by atoms with Gasteiger partial charge in [0.25, 0.3) is 0 Å². The van der Waals surface area contributed by atoms with Gasteiger partial charge in [-0.25, -0.2) is 0 Å². The molecule has 13 heavy (non-hydrogen) atoms. The Hall–Kier alpha value is 1.07. The number of nitrogens with two attached hydrogens (primary N) is 1. The predicted molar refractivity (Wildman–Crippen MR) is 44.2 cm³/mol. The van der Waals surface area contributed by atoms with E-state index in [-0.39, 0.29) is 63.2 Å². The van der Waals surface area contributed by atoms with Crippen molar-refractivity contribution in [2.75, 3.05) is 6.54 Å². The van der Waals surface area contributed by atoms with Gasteiger partial charge in [-0.2, -0.15) is 0 Å². The second-order valence-corrected chi connectivity index (χ2v) is 3.81. The fraction of sp³-hybridized carbons (Fsp3) is 0.889. The van der Waals surface area contributed by atoms with Crippen LogP contribution in [0.25, 0.3) is 0 Å². The van der Waals surface area contributed by atoms with E-state index in [2.05, 4.69) is 0 Å². The van der Waals surface area contributed by atoms with Crippen molar-refractivity contribution in [2.45, 2.75) is 38.5 Å². The van der Waals surface area contributed by atoms with Gasteiger partial charge in [-0.15, -0.1) is 0 Å². The summed E-state index contributed by atoms with van der Waals surface area (Å²) < 4.78 is 0. The molecule has 0 atom stereocenters. The molecule has 0 unspecified atom stereocenters. The summed E-state index contributed by atoms with van der Waals surface area (Å²) in [5.74, 6) is -0.956. The molecule has 70 valence electrons. The maximum Gasteiger partial charge on any atom is 1.00 e. The zero-order chi connectivity index (χ0) is 9.03. The summed E-state index contributed by atoms with van der Waals surface area (Å²) in [6.07, 6.45) is 5.50. The van der Waals surface area contributed by atoms with Crippen LogP contribution in [0.5, 0.6) is 0 Å². The number of carboxylic acid groups (broad SMARTS) is 1. The third kappa shape index (κ3) is 4.40. The van der Waals surface area contributed by atoms with Gasteiger partial charge in [0.15, 0.2) is 0 Å². The van der Waals surface area contributed by atoms with Gasteiger partial charge in [0.2, 0.25) is 0 Å². The fourth-order valence-corrected chi connectivity index (χ4v) is 2.06. The monoisotopic (exact) mass is 209 g/mol. The van der Waals surface area contributed by atoms with Crippen molar-refractivity contribution >= 4 is 5.97 Å². The molecule has 3 nitrogen and oxygen atoms in total. The first kappa shape index (κ1) is 14.1. The molecule has 0 amide bonds. The Morgan fingerprint density at radius 3 is 2.23 bits per heavy atom. The molecule has 1 aliphatic carbocycles. The second kappa shape index (κ2) is 6.53. The van der Waals surface area contributed by atoms with Gasteiger partial charge >= 0.3 is 51.4 Å². The number of hydrogen-bond donors (Lipinski definition) is 1. The molecule has 0 bridgehead atoms. The van der Waals surface area contributed by atoms with Crippen LogP contribution in [0.2, 0.25) is 0 Å². The van der Waals surface area contributed by atoms with Crippen molar-refractivity contribution in [3.8, 4) is 0 Å². The number of carbonyl (C=O) groups is 1. The maximum atomic E-state index is 10.5. The summed E-state index contributed by atoms with van der Waals surface area (Å²) in [6, 6.07) is 0. The molecule has 1 rings (SSSR count). The molecule has 0 radical (unpaired) electrons. The molecule has 1 saturated carbocycles. The molecular formula is C9H16KNO2. The standard InChI is InChI=1S/C9H17NO2.K/c10-7-9(6-8(11)12)4-2-1-3-5-9;/h1-7,10H2,(H,11,12);/q;+1/p-1. The molecule has 0 aromatic heterocycles. The van der Waals surface area contributed by atoms with Crippen LogP contribution < -0.4 is 62.2 Å². The molecule has 4 heteroatoms. The Balaban J connectivity index is 0.00000144. The average molecular weight is 209 g/mol. The van der Waals surface area contributed by atoms with Crippen LogP contribution in [-0.4, -0.2) is 12.5 Å². The van der Waals surface area contributed by atoms with E-state index in [9.17, 15) is 9.90 Å². The number of carboxylic acids is 1. The van der Waals surface area contributed by atoms with E-state index < -0.39 is 5.97 Å². The molecule has 0 heterocycles. The zero-order valence-corrected chi connectivity index (χ0v) is 11.5. The van der Waals surface area contributed by atoms with Crippen LogP contribution in [0.1, 0.15) is 38.5 Å². The van der Waals surface area contributed by atoms with E-state index in [1.54, 1.807) is 0 Å². The van der Waals surface area contributed by atoms with Gasteiger partial charge in [0, 0.05) is 5.97 Å². The van der Waals surface area contributed by atoms with Crippen molar-refractivity contribution in [1.29, 1.82) is 0 Å². The van der Waals surface area contributed by atoms with Crippen LogP contribution in [0.3, 0.4) is 0 Å². The number of rotatable bonds is 3. The van der Waals surface area contributed by atoms with E-state index in [0.717, 1.165) is 25.7 Å². The minimum atomic E-state index is -0.956. The van der Waals surface area contributed by atoms with Crippen molar-refractivity contribution in [3.05, 3.63) is 0 Å². The van der Waals surface area contributed by atoms with Crippen LogP contribution in [-0.2, 0) is 4.79 Å². The molecular weight excluding hydrogens is 193 g/mol. The SMILES string of the molecule is NCC1(CC(=O)[O-])CCCCC1.[K+]. The minimum absolute atomic E-state index is 0. The van der Waals surface area contributed by atoms with Gasteiger partial charge in [-0.3, -0.25) is 0 Å². The second-order valence-electron chi connectivity index (χ2n) is 3.81. The quantitative estimate of drug-likeness (QED) is 0.505. The van der Waals surface area contributed by atoms with Crippen molar-refractivity contribution in [1.82, 2.24) is 0 Å². The third-order valence-corrected chi connectivity index (χ3v) is 2.87. The largest absolute Gasteiger partial charge is 1.00 e. The van der Waals surface area contributed by atoms with Gasteiger partial charge in [-0.05, 0) is 31.2 Å². The fourth-order valence-electron chi connectivity index (χ4n) is 2.06. The van der Waals surface area contributed by atoms with E-state index >= 15 is 0 Å². The minimum Gasteiger partial charge on any atom is -0.550 e. The average Bonchev–Trinajstić information content (AvgIpc) is 2.05. The number of hydrogen-bond acceptors (Lipinski definition) is 3. The van der Waals surface area contributed by atoms with Crippen LogP contribution in [0.15, 0.2) is 0 Å². The first-order chi connectivity index (χ1) is 5.68. The number of carbonyl (C=O) groups excluding carboxylic acids is 1. The maximum absolute atomic E-state index is 10.5. The van der Waals surface area contributed by atoms with Crippen LogP contribution in [0.4, 0.5) is 0 Å². The Morgan fingerprint density at radius 1 is 1.31 bits per heavy atom. The van der Waals surface area contributed by atoms with Gasteiger partial charge in [-0.1, -0.05) is 19.3 Å². The van der Waals surface area contributed by atoms with Crippen molar-refractivity contribution in [2.24, 2.45) is 11.1 Å². The molecule has 0 aromatic carbocycles. The van der Waals surface area contributed by atoms with E-state index in [1.165, 1.54) is 6.42 Å². The molecule has 2 N–H and O–H groups in total. The smallest absolute Gasteiger partial charge is 0.550 e. The van der Waals surface area contributed by atoms with E-state index in [4.69, 9.17) is 5.73 Å². The normalized spacial score (nSPS) is 20.4. The molecule has 1 aliphatic rings. The summed E-state index contributed by atoms with van der Waals surface area (Å²) in [6.45, 7) is 0.487. The molecule has 0 aliphatic heterocycles. The Labute approximate surface area is 122 Å². The first-order valence-corrected chi connectivity index (χ1v) is 4.58. The van der Waals surface area contributed by atoms with Gasteiger partial charge < -0.3 is 15.6 Å². The van der Waals surface area contributed by atoms with Crippen LogP contribution in [0, 0.1) is 5.41 Å². The summed E-state index contributed by atoms with van der Waals surface area (Å²) in [7, 11) is 0. The summed E-state index contributed by atoms with van der Waals surface area (Å²) >= 11 is 0. The summed E-state index contributed by atoms with van der Waals surface area (Å²) in [5, 5.41) is 10.5. The van der Waals surface area contributed by atoms with Gasteiger partial charge in [0.05, 0.1) is 0 Å². The Bertz CT molecular complexity index is 167. The first-order valence-electron chi connectivity index (χ1n) is 4.58. The molecule has 0 aromatic rings. The van der Waals surface area contributed by atoms with Crippen LogP contribution >= 0.6 is 0 Å². The zero-order valence-electron chi connectivity index (χ0n) is 8.34. The number of aliphatic carboxylic acids is 1. The van der Waals surface area contributed by atoms with E-state index in [1.807, 2.05) is 0 Å². The van der Waals surface area contributed by atoms with Crippen molar-refractivity contribution < 1.29 is 61.3 Å². The topological polar surface area (TPSA) is 66.2 Å². The predicted octanol–water partition coefficient (Wildman–Crippen LogP) is -2.96. The van der Waals surface area contributed by atoms with Gasteiger partial charge in [0.1, 0.15) is 0 Å².